The number of pyridine rings is 1. The van der Waals surface area contributed by atoms with E-state index in [0.717, 1.165) is 11.2 Å². The van der Waals surface area contributed by atoms with E-state index in [2.05, 4.69) is 40.7 Å². The van der Waals surface area contributed by atoms with Crippen LogP contribution in [0.25, 0.3) is 10.9 Å². The first kappa shape index (κ1) is 14.5. The summed E-state index contributed by atoms with van der Waals surface area (Å²) in [5, 5.41) is 1.20. The second-order valence-electron chi connectivity index (χ2n) is 6.30. The number of aromatic nitrogens is 1. The molecule has 0 saturated heterocycles. The summed E-state index contributed by atoms with van der Waals surface area (Å²) in [6.45, 7) is 2.03. The Bertz CT molecular complexity index is 600. The second kappa shape index (κ2) is 6.54. The van der Waals surface area contributed by atoms with E-state index in [1.165, 1.54) is 49.5 Å². The molecule has 0 radical (unpaired) electrons. The largest absolute Gasteiger partial charge is 0.271 e. The first-order chi connectivity index (χ1) is 10.3. The quantitative estimate of drug-likeness (QED) is 0.508. The molecule has 0 bridgehead atoms. The van der Waals surface area contributed by atoms with Crippen molar-refractivity contribution < 1.29 is 0 Å². The first-order valence-electron chi connectivity index (χ1n) is 8.11. The van der Waals surface area contributed by atoms with Crippen molar-refractivity contribution in [1.29, 1.82) is 0 Å². The number of hydrazine groups is 1. The van der Waals surface area contributed by atoms with Gasteiger partial charge in [0.1, 0.15) is 0 Å². The van der Waals surface area contributed by atoms with E-state index in [4.69, 9.17) is 5.84 Å². The molecule has 0 spiro atoms. The van der Waals surface area contributed by atoms with Gasteiger partial charge in [0.05, 0.1) is 5.52 Å². The van der Waals surface area contributed by atoms with E-state index in [9.17, 15) is 0 Å². The summed E-state index contributed by atoms with van der Waals surface area (Å²) >= 11 is 0. The van der Waals surface area contributed by atoms with Gasteiger partial charge in [0.25, 0.3) is 0 Å². The average molecular weight is 283 g/mol. The third kappa shape index (κ3) is 3.25. The Morgan fingerprint density at radius 3 is 2.57 bits per heavy atom. The van der Waals surface area contributed by atoms with Crippen molar-refractivity contribution in [3.63, 3.8) is 0 Å². The van der Waals surface area contributed by atoms with Crippen LogP contribution < -0.4 is 11.3 Å². The smallest absolute Gasteiger partial charge is 0.0705 e. The molecule has 112 valence electrons. The van der Waals surface area contributed by atoms with E-state index < -0.39 is 0 Å². The molecule has 1 atom stereocenters. The predicted octanol–water partition coefficient (Wildman–Crippen LogP) is 4.02. The molecule has 1 aromatic heterocycles. The lowest BCUT2D eigenvalue weighted by Crippen LogP contribution is -2.33. The second-order valence-corrected chi connectivity index (χ2v) is 6.30. The van der Waals surface area contributed by atoms with Gasteiger partial charge in [-0.05, 0) is 49.4 Å². The molecule has 1 aromatic carbocycles. The molecule has 1 heterocycles. The fraction of sp³-hybridized carbons (Fsp3) is 0.500. The Hall–Kier alpha value is -1.45. The van der Waals surface area contributed by atoms with Crippen molar-refractivity contribution in [2.24, 2.45) is 11.8 Å². The maximum absolute atomic E-state index is 5.89. The number of benzene rings is 1. The van der Waals surface area contributed by atoms with Gasteiger partial charge in [-0.1, -0.05) is 37.8 Å². The average Bonchev–Trinajstić information content (AvgIpc) is 2.77. The molecule has 1 aliphatic carbocycles. The maximum atomic E-state index is 5.89. The Labute approximate surface area is 126 Å². The van der Waals surface area contributed by atoms with Crippen LogP contribution in [0.15, 0.2) is 30.3 Å². The lowest BCUT2D eigenvalue weighted by Gasteiger charge is -2.26. The third-order valence-electron chi connectivity index (χ3n) is 4.76. The lowest BCUT2D eigenvalue weighted by molar-refractivity contribution is 0.329. The van der Waals surface area contributed by atoms with Crippen LogP contribution in [0.1, 0.15) is 55.8 Å². The molecule has 3 N–H and O–H groups in total. The lowest BCUT2D eigenvalue weighted by atomic mass is 9.87. The molecule has 3 rings (SSSR count). The molecule has 21 heavy (non-hydrogen) atoms. The van der Waals surface area contributed by atoms with Crippen LogP contribution in [0.5, 0.6) is 0 Å². The molecule has 1 fully saturated rings. The van der Waals surface area contributed by atoms with Crippen LogP contribution in [-0.4, -0.2) is 4.98 Å². The highest BCUT2D eigenvalue weighted by Crippen LogP contribution is 2.34. The standard InChI is InChI=1S/C18H25N3/c1-13-8-9-15-12-16(10-11-17(15)20-13)18(21-19)14-6-4-2-3-5-7-14/h8-12,14,18,21H,2-7,19H2,1H3. The number of nitrogens with one attached hydrogen (secondary N) is 1. The van der Waals surface area contributed by atoms with E-state index in [1.807, 2.05) is 6.92 Å². The minimum Gasteiger partial charge on any atom is -0.271 e. The fourth-order valence-electron chi connectivity index (χ4n) is 3.59. The zero-order valence-electron chi connectivity index (χ0n) is 12.8. The Kier molecular flexibility index (Phi) is 4.51. The number of rotatable bonds is 3. The first-order valence-corrected chi connectivity index (χ1v) is 8.11. The van der Waals surface area contributed by atoms with E-state index >= 15 is 0 Å². The molecule has 3 heteroatoms. The highest BCUT2D eigenvalue weighted by Gasteiger charge is 2.23. The van der Waals surface area contributed by atoms with Crippen molar-refractivity contribution in [2.75, 3.05) is 0 Å². The van der Waals surface area contributed by atoms with Gasteiger partial charge in [-0.15, -0.1) is 0 Å². The van der Waals surface area contributed by atoms with Crippen molar-refractivity contribution in [2.45, 2.75) is 51.5 Å². The third-order valence-corrected chi connectivity index (χ3v) is 4.76. The van der Waals surface area contributed by atoms with Gasteiger partial charge in [0.15, 0.2) is 0 Å². The summed E-state index contributed by atoms with van der Waals surface area (Å²) in [6, 6.07) is 11.0. The highest BCUT2D eigenvalue weighted by molar-refractivity contribution is 5.79. The summed E-state index contributed by atoms with van der Waals surface area (Å²) in [5.41, 5.74) is 6.49. The number of aryl methyl sites for hydroxylation is 1. The Balaban J connectivity index is 1.90. The molecule has 1 saturated carbocycles. The zero-order chi connectivity index (χ0) is 14.7. The topological polar surface area (TPSA) is 50.9 Å². The summed E-state index contributed by atoms with van der Waals surface area (Å²) < 4.78 is 0. The number of nitrogens with zero attached hydrogens (tertiary/aromatic N) is 1. The van der Waals surface area contributed by atoms with Crippen LogP contribution >= 0.6 is 0 Å². The van der Waals surface area contributed by atoms with Crippen molar-refractivity contribution in [3.05, 3.63) is 41.6 Å². The minimum atomic E-state index is 0.258. The van der Waals surface area contributed by atoms with Gasteiger partial charge in [-0.25, -0.2) is 0 Å². The molecule has 2 aromatic rings. The Morgan fingerprint density at radius 2 is 1.86 bits per heavy atom. The molecular weight excluding hydrogens is 258 g/mol. The van der Waals surface area contributed by atoms with E-state index in [1.54, 1.807) is 0 Å². The van der Waals surface area contributed by atoms with Crippen LogP contribution in [-0.2, 0) is 0 Å². The summed E-state index contributed by atoms with van der Waals surface area (Å²) in [4.78, 5) is 4.58. The summed E-state index contributed by atoms with van der Waals surface area (Å²) in [5.74, 6) is 6.54. The molecule has 1 aliphatic rings. The van der Waals surface area contributed by atoms with Crippen LogP contribution in [0, 0.1) is 12.8 Å². The number of hydrogen-bond donors (Lipinski definition) is 2. The van der Waals surface area contributed by atoms with Crippen LogP contribution in [0.4, 0.5) is 0 Å². The van der Waals surface area contributed by atoms with Gasteiger partial charge in [0.2, 0.25) is 0 Å². The minimum absolute atomic E-state index is 0.258. The predicted molar refractivity (Wildman–Crippen MR) is 87.7 cm³/mol. The van der Waals surface area contributed by atoms with E-state index in [-0.39, 0.29) is 6.04 Å². The zero-order valence-corrected chi connectivity index (χ0v) is 12.8. The normalized spacial score (nSPS) is 18.6. The van der Waals surface area contributed by atoms with Crippen molar-refractivity contribution in [3.8, 4) is 0 Å². The molecule has 1 unspecified atom stereocenters. The SMILES string of the molecule is Cc1ccc2cc(C(NN)C3CCCCCC3)ccc2n1. The van der Waals surface area contributed by atoms with Gasteiger partial charge in [0, 0.05) is 17.1 Å². The monoisotopic (exact) mass is 283 g/mol. The van der Waals surface area contributed by atoms with Gasteiger partial charge < -0.3 is 0 Å². The molecule has 3 nitrogen and oxygen atoms in total. The molecule has 0 amide bonds. The van der Waals surface area contributed by atoms with Crippen LogP contribution in [0.2, 0.25) is 0 Å². The summed E-state index contributed by atoms with van der Waals surface area (Å²) in [7, 11) is 0. The van der Waals surface area contributed by atoms with Crippen LogP contribution in [0.3, 0.4) is 0 Å². The maximum Gasteiger partial charge on any atom is 0.0705 e. The van der Waals surface area contributed by atoms with Gasteiger partial charge in [-0.2, -0.15) is 0 Å². The van der Waals surface area contributed by atoms with E-state index in [0.29, 0.717) is 5.92 Å². The molecular formula is C18H25N3. The number of nitrogens with two attached hydrogens (primary N) is 1. The number of fused-ring (bicyclic) bond motifs is 1. The van der Waals surface area contributed by atoms with Gasteiger partial charge >= 0.3 is 0 Å². The van der Waals surface area contributed by atoms with Gasteiger partial charge in [-0.3, -0.25) is 16.3 Å². The Morgan fingerprint density at radius 1 is 1.10 bits per heavy atom. The number of hydrogen-bond acceptors (Lipinski definition) is 3. The highest BCUT2D eigenvalue weighted by atomic mass is 15.2. The van der Waals surface area contributed by atoms with Crippen molar-refractivity contribution in [1.82, 2.24) is 10.4 Å². The summed E-state index contributed by atoms with van der Waals surface area (Å²) in [6.07, 6.45) is 7.95. The van der Waals surface area contributed by atoms with Crippen molar-refractivity contribution >= 4 is 10.9 Å². The molecule has 0 aliphatic heterocycles. The fourth-order valence-corrected chi connectivity index (χ4v) is 3.59.